The van der Waals surface area contributed by atoms with Crippen LogP contribution >= 0.6 is 31.9 Å². The highest BCUT2D eigenvalue weighted by Crippen LogP contribution is 2.27. The van der Waals surface area contributed by atoms with Gasteiger partial charge in [-0.05, 0) is 68.3 Å². The van der Waals surface area contributed by atoms with E-state index in [0.29, 0.717) is 10.2 Å². The average Bonchev–Trinajstić information content (AvgIpc) is 2.33. The second-order valence-electron chi connectivity index (χ2n) is 3.92. The van der Waals surface area contributed by atoms with Gasteiger partial charge in [0, 0.05) is 10.2 Å². The monoisotopic (exact) mass is 422 g/mol. The fourth-order valence-electron chi connectivity index (χ4n) is 1.50. The molecule has 2 aromatic carbocycles. The van der Waals surface area contributed by atoms with Crippen LogP contribution in [0.25, 0.3) is 0 Å². The van der Waals surface area contributed by atoms with Crippen LogP contribution in [0, 0.1) is 5.82 Å². The Hall–Kier alpha value is -1.12. The van der Waals surface area contributed by atoms with Crippen molar-refractivity contribution in [3.8, 4) is 0 Å². The zero-order valence-electron chi connectivity index (χ0n) is 9.90. The lowest BCUT2D eigenvalue weighted by atomic mass is 10.3. The molecule has 0 aliphatic rings. The van der Waals surface area contributed by atoms with Crippen LogP contribution in [0.15, 0.2) is 50.2 Å². The molecule has 8 heteroatoms. The first-order chi connectivity index (χ1) is 9.29. The molecule has 20 heavy (non-hydrogen) atoms. The first-order valence-corrected chi connectivity index (χ1v) is 8.39. The molecule has 0 amide bonds. The summed E-state index contributed by atoms with van der Waals surface area (Å²) in [6, 6.07) is 8.29. The molecule has 0 spiro atoms. The molecule has 0 fully saturated rings. The van der Waals surface area contributed by atoms with Crippen LogP contribution in [0.3, 0.4) is 0 Å². The molecule has 0 saturated carbocycles. The highest BCUT2D eigenvalue weighted by atomic mass is 79.9. The zero-order chi connectivity index (χ0) is 14.9. The molecule has 0 aliphatic carbocycles. The first kappa shape index (κ1) is 15.3. The van der Waals surface area contributed by atoms with Crippen molar-refractivity contribution in [1.82, 2.24) is 0 Å². The lowest BCUT2D eigenvalue weighted by Crippen LogP contribution is -2.13. The summed E-state index contributed by atoms with van der Waals surface area (Å²) in [7, 11) is -3.82. The van der Waals surface area contributed by atoms with Gasteiger partial charge < -0.3 is 5.73 Å². The molecule has 106 valence electrons. The number of hydrogen-bond acceptors (Lipinski definition) is 3. The Balaban J connectivity index is 2.38. The largest absolute Gasteiger partial charge is 0.399 e. The molecule has 2 rings (SSSR count). The van der Waals surface area contributed by atoms with Crippen LogP contribution in [-0.4, -0.2) is 8.42 Å². The Kier molecular flexibility index (Phi) is 4.36. The molecule has 0 aromatic heterocycles. The maximum atomic E-state index is 13.4. The van der Waals surface area contributed by atoms with E-state index in [-0.39, 0.29) is 15.1 Å². The molecule has 0 atom stereocenters. The van der Waals surface area contributed by atoms with E-state index in [9.17, 15) is 12.8 Å². The lowest BCUT2D eigenvalue weighted by molar-refractivity contribution is 0.600. The molecular weight excluding hydrogens is 415 g/mol. The molecule has 4 nitrogen and oxygen atoms in total. The van der Waals surface area contributed by atoms with Crippen molar-refractivity contribution in [3.63, 3.8) is 0 Å². The average molecular weight is 424 g/mol. The SMILES string of the molecule is Nc1ccc(S(=O)(=O)Nc2ccc(Br)c(F)c2)c(Br)c1. The van der Waals surface area contributed by atoms with E-state index in [4.69, 9.17) is 5.73 Å². The maximum Gasteiger partial charge on any atom is 0.263 e. The van der Waals surface area contributed by atoms with Gasteiger partial charge in [0.25, 0.3) is 10.0 Å². The number of sulfonamides is 1. The number of nitrogens with one attached hydrogen (secondary N) is 1. The van der Waals surface area contributed by atoms with E-state index < -0.39 is 15.8 Å². The molecular formula is C12H9Br2FN2O2S. The van der Waals surface area contributed by atoms with Gasteiger partial charge in [-0.25, -0.2) is 12.8 Å². The summed E-state index contributed by atoms with van der Waals surface area (Å²) in [4.78, 5) is 0.0232. The number of halogens is 3. The highest BCUT2D eigenvalue weighted by molar-refractivity contribution is 9.10. The minimum Gasteiger partial charge on any atom is -0.399 e. The Labute approximate surface area is 132 Å². The van der Waals surface area contributed by atoms with E-state index in [1.165, 1.54) is 30.3 Å². The van der Waals surface area contributed by atoms with Crippen LogP contribution in [0.2, 0.25) is 0 Å². The third kappa shape index (κ3) is 3.31. The predicted molar refractivity (Wildman–Crippen MR) is 83.5 cm³/mol. The number of nitrogen functional groups attached to an aromatic ring is 1. The summed E-state index contributed by atoms with van der Waals surface area (Å²) in [5.41, 5.74) is 6.13. The van der Waals surface area contributed by atoms with Gasteiger partial charge in [-0.2, -0.15) is 0 Å². The van der Waals surface area contributed by atoms with Crippen LogP contribution in [0.5, 0.6) is 0 Å². The van der Waals surface area contributed by atoms with E-state index in [1.807, 2.05) is 0 Å². The first-order valence-electron chi connectivity index (χ1n) is 5.32. The van der Waals surface area contributed by atoms with Crippen molar-refractivity contribution >= 4 is 53.3 Å². The van der Waals surface area contributed by atoms with E-state index in [0.717, 1.165) is 6.07 Å². The molecule has 0 bridgehead atoms. The lowest BCUT2D eigenvalue weighted by Gasteiger charge is -2.10. The summed E-state index contributed by atoms with van der Waals surface area (Å²) in [6.45, 7) is 0. The summed E-state index contributed by atoms with van der Waals surface area (Å²) in [5.74, 6) is -0.554. The number of benzene rings is 2. The minimum atomic E-state index is -3.82. The number of anilines is 2. The van der Waals surface area contributed by atoms with Crippen molar-refractivity contribution in [2.75, 3.05) is 10.5 Å². The van der Waals surface area contributed by atoms with E-state index >= 15 is 0 Å². The molecule has 0 unspecified atom stereocenters. The van der Waals surface area contributed by atoms with Crippen LogP contribution in [0.4, 0.5) is 15.8 Å². The summed E-state index contributed by atoms with van der Waals surface area (Å²) < 4.78 is 40.7. The third-order valence-corrected chi connectivity index (χ3v) is 5.42. The van der Waals surface area contributed by atoms with E-state index in [2.05, 4.69) is 36.6 Å². The van der Waals surface area contributed by atoms with Crippen molar-refractivity contribution in [1.29, 1.82) is 0 Å². The molecule has 2 aromatic rings. The topological polar surface area (TPSA) is 72.2 Å². The minimum absolute atomic E-state index is 0.0232. The summed E-state index contributed by atoms with van der Waals surface area (Å²) >= 11 is 6.14. The van der Waals surface area contributed by atoms with Crippen molar-refractivity contribution in [2.45, 2.75) is 4.90 Å². The molecule has 0 aliphatic heterocycles. The second kappa shape index (κ2) is 5.71. The Morgan fingerprint density at radius 2 is 1.75 bits per heavy atom. The highest BCUT2D eigenvalue weighted by Gasteiger charge is 2.18. The zero-order valence-corrected chi connectivity index (χ0v) is 13.9. The Morgan fingerprint density at radius 1 is 1.05 bits per heavy atom. The molecule has 0 heterocycles. The third-order valence-electron chi connectivity index (χ3n) is 2.42. The predicted octanol–water partition coefficient (Wildman–Crippen LogP) is 3.73. The number of rotatable bonds is 3. The van der Waals surface area contributed by atoms with Crippen LogP contribution in [-0.2, 0) is 10.0 Å². The van der Waals surface area contributed by atoms with Gasteiger partial charge in [0.2, 0.25) is 0 Å². The van der Waals surface area contributed by atoms with Gasteiger partial charge in [-0.3, -0.25) is 4.72 Å². The van der Waals surface area contributed by atoms with Crippen molar-refractivity contribution in [3.05, 3.63) is 51.2 Å². The molecule has 0 saturated heterocycles. The van der Waals surface area contributed by atoms with E-state index in [1.54, 1.807) is 0 Å². The van der Waals surface area contributed by atoms with Crippen LogP contribution < -0.4 is 10.5 Å². The smallest absolute Gasteiger partial charge is 0.263 e. The van der Waals surface area contributed by atoms with Gasteiger partial charge >= 0.3 is 0 Å². The standard InChI is InChI=1S/C12H9Br2FN2O2S/c13-9-3-2-8(6-11(9)15)17-20(18,19)12-4-1-7(16)5-10(12)14/h1-6,17H,16H2. The van der Waals surface area contributed by atoms with Gasteiger partial charge in [0.1, 0.15) is 10.7 Å². The maximum absolute atomic E-state index is 13.4. The van der Waals surface area contributed by atoms with Gasteiger partial charge in [-0.1, -0.05) is 0 Å². The van der Waals surface area contributed by atoms with Gasteiger partial charge in [-0.15, -0.1) is 0 Å². The second-order valence-corrected chi connectivity index (χ2v) is 7.28. The summed E-state index contributed by atoms with van der Waals surface area (Å²) in [5, 5.41) is 0. The van der Waals surface area contributed by atoms with Gasteiger partial charge in [0.15, 0.2) is 0 Å². The number of hydrogen-bond donors (Lipinski definition) is 2. The molecule has 0 radical (unpaired) electrons. The van der Waals surface area contributed by atoms with Crippen molar-refractivity contribution < 1.29 is 12.8 Å². The van der Waals surface area contributed by atoms with Crippen molar-refractivity contribution in [2.24, 2.45) is 0 Å². The quantitative estimate of drug-likeness (QED) is 0.738. The fraction of sp³-hybridized carbons (Fsp3) is 0. The van der Waals surface area contributed by atoms with Gasteiger partial charge in [0.05, 0.1) is 10.2 Å². The van der Waals surface area contributed by atoms with Crippen LogP contribution in [0.1, 0.15) is 0 Å². The Bertz CT molecular complexity index is 766. The number of nitrogens with two attached hydrogens (primary N) is 1. The fourth-order valence-corrected chi connectivity index (χ4v) is 3.90. The Morgan fingerprint density at radius 3 is 2.35 bits per heavy atom. The summed E-state index contributed by atoms with van der Waals surface area (Å²) in [6.07, 6.45) is 0. The normalized spacial score (nSPS) is 11.3. The molecule has 3 N–H and O–H groups in total.